The standard InChI is InChI=1S/C20H21Cl2N3O4/c1-9-18(10(2)25(24-9)8-11-3-4-12(21)7-13(11)22)23-19(26)16-14-5-6-15(29-14)17(16)20(27)28/h3-4,7,14-17H,5-6,8H2,1-2H3,(H,23,26)(H,27,28)/p-1/t14-,15+,16+,17+/m1/s1. The van der Waals surface area contributed by atoms with Gasteiger partial charge >= 0.3 is 0 Å². The number of benzene rings is 1. The third-order valence-electron chi connectivity index (χ3n) is 5.81. The molecule has 154 valence electrons. The van der Waals surface area contributed by atoms with E-state index in [9.17, 15) is 14.7 Å². The summed E-state index contributed by atoms with van der Waals surface area (Å²) in [7, 11) is 0. The van der Waals surface area contributed by atoms with Crippen molar-refractivity contribution in [2.45, 2.75) is 45.4 Å². The third-order valence-corrected chi connectivity index (χ3v) is 6.40. The topological polar surface area (TPSA) is 96.3 Å². The monoisotopic (exact) mass is 436 g/mol. The maximum atomic E-state index is 12.9. The third kappa shape index (κ3) is 3.63. The Morgan fingerprint density at radius 1 is 1.24 bits per heavy atom. The molecule has 2 bridgehead atoms. The summed E-state index contributed by atoms with van der Waals surface area (Å²) in [5, 5.41) is 20.0. The van der Waals surface area contributed by atoms with Gasteiger partial charge in [0.1, 0.15) is 0 Å². The number of aromatic nitrogens is 2. The van der Waals surface area contributed by atoms with Gasteiger partial charge in [0, 0.05) is 21.9 Å². The van der Waals surface area contributed by atoms with Gasteiger partial charge in [-0.15, -0.1) is 0 Å². The molecule has 1 amide bonds. The quantitative estimate of drug-likeness (QED) is 0.775. The van der Waals surface area contributed by atoms with Gasteiger partial charge in [-0.1, -0.05) is 29.3 Å². The lowest BCUT2D eigenvalue weighted by Gasteiger charge is -2.27. The number of carboxylic acid groups (broad SMARTS) is 1. The molecule has 0 saturated carbocycles. The van der Waals surface area contributed by atoms with Crippen LogP contribution in [0.2, 0.25) is 10.0 Å². The number of aliphatic carboxylic acids is 1. The molecular weight excluding hydrogens is 417 g/mol. The molecule has 29 heavy (non-hydrogen) atoms. The predicted octanol–water partition coefficient (Wildman–Crippen LogP) is 2.34. The molecule has 2 aliphatic rings. The van der Waals surface area contributed by atoms with Gasteiger partial charge in [-0.05, 0) is 44.4 Å². The number of aryl methyl sites for hydroxylation is 1. The second kappa shape index (κ2) is 7.63. The molecule has 4 atom stereocenters. The van der Waals surface area contributed by atoms with Gasteiger partial charge in [0.05, 0.1) is 41.7 Å². The number of hydrogen-bond donors (Lipinski definition) is 1. The Hall–Kier alpha value is -2.09. The predicted molar refractivity (Wildman–Crippen MR) is 106 cm³/mol. The number of carboxylic acids is 1. The molecule has 0 radical (unpaired) electrons. The normalized spacial score (nSPS) is 25.4. The molecule has 7 nitrogen and oxygen atoms in total. The largest absolute Gasteiger partial charge is 0.550 e. The van der Waals surface area contributed by atoms with Gasteiger partial charge in [-0.3, -0.25) is 9.48 Å². The molecule has 2 aromatic rings. The molecular formula is C20H20Cl2N3O4-. The molecule has 1 N–H and O–H groups in total. The molecule has 9 heteroatoms. The summed E-state index contributed by atoms with van der Waals surface area (Å²) in [6.07, 6.45) is 0.494. The molecule has 0 aliphatic carbocycles. The van der Waals surface area contributed by atoms with Crippen LogP contribution >= 0.6 is 23.2 Å². The van der Waals surface area contributed by atoms with Crippen LogP contribution in [0.3, 0.4) is 0 Å². The molecule has 4 rings (SSSR count). The highest BCUT2D eigenvalue weighted by molar-refractivity contribution is 6.35. The van der Waals surface area contributed by atoms with Crippen molar-refractivity contribution in [2.24, 2.45) is 11.8 Å². The van der Waals surface area contributed by atoms with Crippen molar-refractivity contribution >= 4 is 40.8 Å². The number of halogens is 2. The van der Waals surface area contributed by atoms with E-state index in [2.05, 4.69) is 10.4 Å². The zero-order valence-corrected chi connectivity index (χ0v) is 17.5. The minimum absolute atomic E-state index is 0.373. The maximum absolute atomic E-state index is 12.9. The van der Waals surface area contributed by atoms with Crippen LogP contribution in [0.4, 0.5) is 5.69 Å². The first-order chi connectivity index (χ1) is 13.8. The van der Waals surface area contributed by atoms with E-state index in [0.717, 1.165) is 11.3 Å². The van der Waals surface area contributed by atoms with Crippen molar-refractivity contribution in [2.75, 3.05) is 5.32 Å². The highest BCUT2D eigenvalue weighted by Gasteiger charge is 2.53. The molecule has 2 fully saturated rings. The summed E-state index contributed by atoms with van der Waals surface area (Å²) >= 11 is 12.2. The maximum Gasteiger partial charge on any atom is 0.230 e. The van der Waals surface area contributed by atoms with Crippen molar-refractivity contribution in [3.63, 3.8) is 0 Å². The van der Waals surface area contributed by atoms with Crippen LogP contribution in [-0.4, -0.2) is 33.9 Å². The van der Waals surface area contributed by atoms with E-state index in [1.165, 1.54) is 0 Å². The van der Waals surface area contributed by atoms with E-state index in [4.69, 9.17) is 27.9 Å². The molecule has 0 spiro atoms. The first kappa shape index (κ1) is 20.2. The summed E-state index contributed by atoms with van der Waals surface area (Å²) in [6, 6.07) is 5.25. The molecule has 0 unspecified atom stereocenters. The Morgan fingerprint density at radius 3 is 2.59 bits per heavy atom. The Morgan fingerprint density at radius 2 is 1.93 bits per heavy atom. The van der Waals surface area contributed by atoms with E-state index < -0.39 is 23.9 Å². The highest BCUT2D eigenvalue weighted by atomic mass is 35.5. The highest BCUT2D eigenvalue weighted by Crippen LogP contribution is 2.44. The minimum atomic E-state index is -1.24. The Kier molecular flexibility index (Phi) is 5.31. The number of anilines is 1. The van der Waals surface area contributed by atoms with Gasteiger partial charge in [-0.25, -0.2) is 0 Å². The number of nitrogens with zero attached hydrogens (tertiary/aromatic N) is 2. The number of rotatable bonds is 5. The second-order valence-corrected chi connectivity index (χ2v) is 8.43. The Balaban J connectivity index is 1.55. The number of fused-ring (bicyclic) bond motifs is 2. The van der Waals surface area contributed by atoms with Crippen LogP contribution in [-0.2, 0) is 20.9 Å². The average molecular weight is 437 g/mol. The Bertz CT molecular complexity index is 990. The van der Waals surface area contributed by atoms with Gasteiger partial charge < -0.3 is 20.0 Å². The van der Waals surface area contributed by atoms with E-state index in [1.807, 2.05) is 13.0 Å². The summed E-state index contributed by atoms with van der Waals surface area (Å²) in [6.45, 7) is 4.04. The Labute approximate surface area is 177 Å². The zero-order valence-electron chi connectivity index (χ0n) is 15.9. The summed E-state index contributed by atoms with van der Waals surface area (Å²) in [5.41, 5.74) is 2.80. The lowest BCUT2D eigenvalue weighted by Crippen LogP contribution is -2.46. The van der Waals surface area contributed by atoms with Crippen molar-refractivity contribution in [3.8, 4) is 0 Å². The molecule has 3 heterocycles. The summed E-state index contributed by atoms with van der Waals surface area (Å²) in [5.74, 6) is -3.29. The summed E-state index contributed by atoms with van der Waals surface area (Å²) < 4.78 is 7.40. The smallest absolute Gasteiger partial charge is 0.230 e. The number of nitrogens with one attached hydrogen (secondary N) is 1. The van der Waals surface area contributed by atoms with Gasteiger partial charge in [0.25, 0.3) is 0 Å². The lowest BCUT2D eigenvalue weighted by molar-refractivity contribution is -0.313. The van der Waals surface area contributed by atoms with Gasteiger partial charge in [-0.2, -0.15) is 5.10 Å². The summed E-state index contributed by atoms with van der Waals surface area (Å²) in [4.78, 5) is 24.5. The van der Waals surface area contributed by atoms with E-state index in [1.54, 1.807) is 23.7 Å². The lowest BCUT2D eigenvalue weighted by atomic mass is 9.78. The van der Waals surface area contributed by atoms with Crippen LogP contribution in [0.5, 0.6) is 0 Å². The van der Waals surface area contributed by atoms with Crippen molar-refractivity contribution in [1.82, 2.24) is 9.78 Å². The van der Waals surface area contributed by atoms with E-state index in [0.29, 0.717) is 40.8 Å². The molecule has 1 aromatic carbocycles. The van der Waals surface area contributed by atoms with E-state index in [-0.39, 0.29) is 12.0 Å². The van der Waals surface area contributed by atoms with Crippen LogP contribution < -0.4 is 10.4 Å². The number of ether oxygens (including phenoxy) is 1. The molecule has 1 aromatic heterocycles. The molecule has 2 aliphatic heterocycles. The zero-order chi connectivity index (χ0) is 20.9. The molecule has 2 saturated heterocycles. The average Bonchev–Trinajstić information content (AvgIpc) is 3.34. The number of amides is 1. The van der Waals surface area contributed by atoms with Crippen LogP contribution in [0.15, 0.2) is 18.2 Å². The van der Waals surface area contributed by atoms with Crippen LogP contribution in [0.25, 0.3) is 0 Å². The fourth-order valence-electron chi connectivity index (χ4n) is 4.36. The second-order valence-electron chi connectivity index (χ2n) is 7.59. The van der Waals surface area contributed by atoms with Crippen molar-refractivity contribution < 1.29 is 19.4 Å². The minimum Gasteiger partial charge on any atom is -0.550 e. The van der Waals surface area contributed by atoms with Crippen molar-refractivity contribution in [1.29, 1.82) is 0 Å². The number of carbonyl (C=O) groups excluding carboxylic acids is 2. The first-order valence-electron chi connectivity index (χ1n) is 9.41. The van der Waals surface area contributed by atoms with E-state index >= 15 is 0 Å². The number of hydrogen-bond acceptors (Lipinski definition) is 5. The van der Waals surface area contributed by atoms with Crippen LogP contribution in [0, 0.1) is 25.7 Å². The van der Waals surface area contributed by atoms with Crippen molar-refractivity contribution in [3.05, 3.63) is 45.2 Å². The fourth-order valence-corrected chi connectivity index (χ4v) is 4.83. The van der Waals surface area contributed by atoms with Gasteiger partial charge in [0.2, 0.25) is 5.91 Å². The fraction of sp³-hybridized carbons (Fsp3) is 0.450. The SMILES string of the molecule is Cc1nn(Cc2ccc(Cl)cc2Cl)c(C)c1NC(=O)[C@@H]1[C@@H](C(=O)[O-])[C@@H]2CC[C@H]1O2. The first-order valence-corrected chi connectivity index (χ1v) is 10.2. The van der Waals surface area contributed by atoms with Gasteiger partial charge in [0.15, 0.2) is 0 Å². The van der Waals surface area contributed by atoms with Crippen LogP contribution in [0.1, 0.15) is 29.8 Å². The number of carbonyl (C=O) groups is 2.